The van der Waals surface area contributed by atoms with Gasteiger partial charge in [-0.15, -0.1) is 0 Å². The van der Waals surface area contributed by atoms with E-state index in [1.807, 2.05) is 13.0 Å². The summed E-state index contributed by atoms with van der Waals surface area (Å²) in [6.07, 6.45) is 0. The van der Waals surface area contributed by atoms with Gasteiger partial charge in [-0.05, 0) is 37.6 Å². The van der Waals surface area contributed by atoms with Gasteiger partial charge in [0.25, 0.3) is 5.69 Å². The first-order valence-electron chi connectivity index (χ1n) is 6.93. The van der Waals surface area contributed by atoms with E-state index in [1.54, 1.807) is 25.1 Å². The van der Waals surface area contributed by atoms with E-state index >= 15 is 0 Å². The number of amides is 1. The number of benzene rings is 2. The monoisotopic (exact) mass is 333 g/mol. The molecule has 0 unspecified atom stereocenters. The molecule has 7 heteroatoms. The molecule has 0 fully saturated rings. The van der Waals surface area contributed by atoms with Crippen LogP contribution in [0.2, 0.25) is 5.02 Å². The van der Waals surface area contributed by atoms with E-state index in [4.69, 9.17) is 11.6 Å². The third kappa shape index (κ3) is 3.98. The van der Waals surface area contributed by atoms with Gasteiger partial charge in [0.2, 0.25) is 5.91 Å². The SMILES string of the molecule is Cc1c(Cl)cccc1NCC(=O)Nc1cccc([N+](=O)[O-])c1C. The lowest BCUT2D eigenvalue weighted by Crippen LogP contribution is -2.22. The molecular formula is C16H16ClN3O3. The number of halogens is 1. The molecule has 2 aromatic carbocycles. The van der Waals surface area contributed by atoms with Crippen molar-refractivity contribution < 1.29 is 9.72 Å². The standard InChI is InChI=1S/C16H16ClN3O3/c1-10-12(17)5-3-6-13(10)18-9-16(21)19-14-7-4-8-15(11(14)2)20(22)23/h3-8,18H,9H2,1-2H3,(H,19,21). The van der Waals surface area contributed by atoms with E-state index in [-0.39, 0.29) is 18.1 Å². The number of anilines is 2. The van der Waals surface area contributed by atoms with Gasteiger partial charge in [0.05, 0.1) is 22.7 Å². The molecule has 6 nitrogen and oxygen atoms in total. The van der Waals surface area contributed by atoms with Gasteiger partial charge in [-0.2, -0.15) is 0 Å². The quantitative estimate of drug-likeness (QED) is 0.641. The van der Waals surface area contributed by atoms with Crippen LogP contribution >= 0.6 is 11.6 Å². The van der Waals surface area contributed by atoms with Crippen molar-refractivity contribution in [2.45, 2.75) is 13.8 Å². The number of hydrogen-bond donors (Lipinski definition) is 2. The minimum absolute atomic E-state index is 0.0264. The van der Waals surface area contributed by atoms with Crippen LogP contribution in [0.5, 0.6) is 0 Å². The van der Waals surface area contributed by atoms with Gasteiger partial charge >= 0.3 is 0 Å². The Hall–Kier alpha value is -2.60. The van der Waals surface area contributed by atoms with Crippen LogP contribution in [0.3, 0.4) is 0 Å². The highest BCUT2D eigenvalue weighted by atomic mass is 35.5. The van der Waals surface area contributed by atoms with E-state index in [0.29, 0.717) is 16.3 Å². The average molecular weight is 334 g/mol. The van der Waals surface area contributed by atoms with E-state index in [1.165, 1.54) is 12.1 Å². The molecule has 0 spiro atoms. The third-order valence-corrected chi connectivity index (χ3v) is 3.89. The summed E-state index contributed by atoms with van der Waals surface area (Å²) in [6.45, 7) is 3.49. The van der Waals surface area contributed by atoms with Gasteiger partial charge in [0.15, 0.2) is 0 Å². The van der Waals surface area contributed by atoms with Crippen molar-refractivity contribution >= 4 is 34.6 Å². The molecule has 0 heterocycles. The number of nitrogens with zero attached hydrogens (tertiary/aromatic N) is 1. The Bertz CT molecular complexity index is 762. The lowest BCUT2D eigenvalue weighted by molar-refractivity contribution is -0.385. The zero-order valence-corrected chi connectivity index (χ0v) is 13.5. The molecule has 2 N–H and O–H groups in total. The highest BCUT2D eigenvalue weighted by Crippen LogP contribution is 2.25. The lowest BCUT2D eigenvalue weighted by Gasteiger charge is -2.12. The van der Waals surface area contributed by atoms with E-state index in [2.05, 4.69) is 10.6 Å². The Kier molecular flexibility index (Phi) is 5.18. The molecule has 0 saturated heterocycles. The summed E-state index contributed by atoms with van der Waals surface area (Å²) in [7, 11) is 0. The molecule has 0 bridgehead atoms. The van der Waals surface area contributed by atoms with Crippen LogP contribution in [0.25, 0.3) is 0 Å². The van der Waals surface area contributed by atoms with Crippen LogP contribution < -0.4 is 10.6 Å². The van der Waals surface area contributed by atoms with Crippen molar-refractivity contribution in [2.75, 3.05) is 17.2 Å². The second-order valence-electron chi connectivity index (χ2n) is 5.02. The largest absolute Gasteiger partial charge is 0.376 e. The Labute approximate surface area is 138 Å². The fourth-order valence-electron chi connectivity index (χ4n) is 2.13. The summed E-state index contributed by atoms with van der Waals surface area (Å²) in [5, 5.41) is 17.2. The molecule has 23 heavy (non-hydrogen) atoms. The van der Waals surface area contributed by atoms with Gasteiger partial charge in [-0.25, -0.2) is 0 Å². The maximum Gasteiger partial charge on any atom is 0.274 e. The molecular weight excluding hydrogens is 318 g/mol. The molecule has 2 aromatic rings. The van der Waals surface area contributed by atoms with Gasteiger partial charge in [-0.1, -0.05) is 23.7 Å². The number of carbonyl (C=O) groups excluding carboxylic acids is 1. The highest BCUT2D eigenvalue weighted by Gasteiger charge is 2.14. The Balaban J connectivity index is 2.04. The number of nitro benzene ring substituents is 1. The average Bonchev–Trinajstić information content (AvgIpc) is 2.50. The lowest BCUT2D eigenvalue weighted by atomic mass is 10.1. The number of hydrogen-bond acceptors (Lipinski definition) is 4. The van der Waals surface area contributed by atoms with E-state index in [9.17, 15) is 14.9 Å². The second-order valence-corrected chi connectivity index (χ2v) is 5.43. The number of rotatable bonds is 5. The molecule has 0 aliphatic heterocycles. The van der Waals surface area contributed by atoms with Crippen molar-refractivity contribution in [2.24, 2.45) is 0 Å². The minimum atomic E-state index is -0.474. The fourth-order valence-corrected chi connectivity index (χ4v) is 2.30. The third-order valence-electron chi connectivity index (χ3n) is 3.48. The van der Waals surface area contributed by atoms with Crippen molar-refractivity contribution in [1.82, 2.24) is 0 Å². The summed E-state index contributed by atoms with van der Waals surface area (Å²) < 4.78 is 0. The second kappa shape index (κ2) is 7.11. The van der Waals surface area contributed by atoms with Crippen molar-refractivity contribution in [3.8, 4) is 0 Å². The zero-order valence-electron chi connectivity index (χ0n) is 12.7. The van der Waals surface area contributed by atoms with Crippen molar-refractivity contribution in [3.05, 3.63) is 62.7 Å². The van der Waals surface area contributed by atoms with Crippen LogP contribution in [-0.2, 0) is 4.79 Å². The zero-order chi connectivity index (χ0) is 17.0. The van der Waals surface area contributed by atoms with Gasteiger partial charge in [0.1, 0.15) is 0 Å². The number of nitrogens with one attached hydrogen (secondary N) is 2. The fraction of sp³-hybridized carbons (Fsp3) is 0.188. The minimum Gasteiger partial charge on any atom is -0.376 e. The highest BCUT2D eigenvalue weighted by molar-refractivity contribution is 6.31. The smallest absolute Gasteiger partial charge is 0.274 e. The first-order chi connectivity index (χ1) is 10.9. The predicted octanol–water partition coefficient (Wildman–Crippen LogP) is 3.92. The first kappa shape index (κ1) is 16.8. The van der Waals surface area contributed by atoms with E-state index in [0.717, 1.165) is 11.3 Å². The Morgan fingerprint density at radius 3 is 2.48 bits per heavy atom. The summed E-state index contributed by atoms with van der Waals surface area (Å²) in [5.41, 5.74) is 2.44. The van der Waals surface area contributed by atoms with E-state index < -0.39 is 4.92 Å². The summed E-state index contributed by atoms with van der Waals surface area (Å²) in [6, 6.07) is 9.96. The molecule has 1 amide bonds. The van der Waals surface area contributed by atoms with Crippen LogP contribution in [0, 0.1) is 24.0 Å². The van der Waals surface area contributed by atoms with Crippen LogP contribution in [-0.4, -0.2) is 17.4 Å². The molecule has 0 radical (unpaired) electrons. The Morgan fingerprint density at radius 1 is 1.13 bits per heavy atom. The van der Waals surface area contributed by atoms with Crippen LogP contribution in [0.4, 0.5) is 17.1 Å². The van der Waals surface area contributed by atoms with Gasteiger partial charge in [-0.3, -0.25) is 14.9 Å². The number of carbonyl (C=O) groups is 1. The maximum atomic E-state index is 12.0. The maximum absolute atomic E-state index is 12.0. The van der Waals surface area contributed by atoms with Crippen LogP contribution in [0.1, 0.15) is 11.1 Å². The molecule has 120 valence electrons. The summed E-state index contributed by atoms with van der Waals surface area (Å²) in [5.74, 6) is -0.298. The first-order valence-corrected chi connectivity index (χ1v) is 7.30. The van der Waals surface area contributed by atoms with Crippen LogP contribution in [0.15, 0.2) is 36.4 Å². The predicted molar refractivity (Wildman–Crippen MR) is 91.1 cm³/mol. The topological polar surface area (TPSA) is 84.3 Å². The van der Waals surface area contributed by atoms with Crippen molar-refractivity contribution in [1.29, 1.82) is 0 Å². The van der Waals surface area contributed by atoms with Gasteiger partial charge in [0, 0.05) is 16.8 Å². The molecule has 0 saturated carbocycles. The summed E-state index contributed by atoms with van der Waals surface area (Å²) in [4.78, 5) is 22.5. The Morgan fingerprint density at radius 2 is 1.78 bits per heavy atom. The summed E-state index contributed by atoms with van der Waals surface area (Å²) >= 11 is 6.02. The van der Waals surface area contributed by atoms with Gasteiger partial charge < -0.3 is 10.6 Å². The normalized spacial score (nSPS) is 10.2. The molecule has 2 rings (SSSR count). The molecule has 0 aliphatic carbocycles. The molecule has 0 atom stereocenters. The molecule has 0 aliphatic rings. The number of nitro groups is 1. The van der Waals surface area contributed by atoms with Crippen molar-refractivity contribution in [3.63, 3.8) is 0 Å². The molecule has 0 aromatic heterocycles.